The lowest BCUT2D eigenvalue weighted by molar-refractivity contribution is -0.141. The van der Waals surface area contributed by atoms with Crippen LogP contribution >= 0.6 is 0 Å². The van der Waals surface area contributed by atoms with E-state index in [0.29, 0.717) is 25.4 Å². The summed E-state index contributed by atoms with van der Waals surface area (Å²) in [5, 5.41) is 2.99. The van der Waals surface area contributed by atoms with Crippen LogP contribution < -0.4 is 10.1 Å². The maximum Gasteiger partial charge on any atom is 0.242 e. The summed E-state index contributed by atoms with van der Waals surface area (Å²) in [5.74, 6) is 0.965. The highest BCUT2D eigenvalue weighted by Gasteiger charge is 2.28. The number of nitrogens with zero attached hydrogens (tertiary/aromatic N) is 1. The predicted molar refractivity (Wildman–Crippen MR) is 120 cm³/mol. The summed E-state index contributed by atoms with van der Waals surface area (Å²) >= 11 is 0. The number of carbonyl (C=O) groups is 2. The van der Waals surface area contributed by atoms with Crippen molar-refractivity contribution in [3.05, 3.63) is 65.2 Å². The van der Waals surface area contributed by atoms with E-state index >= 15 is 0 Å². The van der Waals surface area contributed by atoms with Crippen molar-refractivity contribution in [3.63, 3.8) is 0 Å². The summed E-state index contributed by atoms with van der Waals surface area (Å²) in [5.41, 5.74) is 3.02. The molecule has 5 nitrogen and oxygen atoms in total. The van der Waals surface area contributed by atoms with E-state index in [-0.39, 0.29) is 18.2 Å². The Morgan fingerprint density at radius 3 is 2.30 bits per heavy atom. The minimum absolute atomic E-state index is 0.0494. The second-order valence-electron chi connectivity index (χ2n) is 8.04. The van der Waals surface area contributed by atoms with Gasteiger partial charge < -0.3 is 15.0 Å². The molecule has 0 radical (unpaired) electrons. The van der Waals surface area contributed by atoms with Crippen LogP contribution in [0.2, 0.25) is 0 Å². The smallest absolute Gasteiger partial charge is 0.242 e. The SMILES string of the molecule is CC[C@@H](C(=O)NCC(C)C)N(Cc1ccc(OC)cc1)C(=O)Cc1ccccc1C. The Morgan fingerprint density at radius 2 is 1.73 bits per heavy atom. The van der Waals surface area contributed by atoms with Gasteiger partial charge in [-0.1, -0.05) is 57.2 Å². The van der Waals surface area contributed by atoms with E-state index < -0.39 is 6.04 Å². The van der Waals surface area contributed by atoms with E-state index in [2.05, 4.69) is 19.2 Å². The van der Waals surface area contributed by atoms with Crippen molar-refractivity contribution in [3.8, 4) is 5.75 Å². The molecule has 0 fully saturated rings. The van der Waals surface area contributed by atoms with Gasteiger partial charge in [0.05, 0.1) is 13.5 Å². The normalized spacial score (nSPS) is 11.8. The van der Waals surface area contributed by atoms with E-state index in [1.807, 2.05) is 62.4 Å². The van der Waals surface area contributed by atoms with Crippen molar-refractivity contribution >= 4 is 11.8 Å². The third-order valence-electron chi connectivity index (χ3n) is 5.19. The molecule has 2 rings (SSSR count). The molecule has 0 heterocycles. The van der Waals surface area contributed by atoms with Crippen LogP contribution in [0, 0.1) is 12.8 Å². The molecule has 2 aromatic carbocycles. The summed E-state index contributed by atoms with van der Waals surface area (Å²) in [6.45, 7) is 9.03. The van der Waals surface area contributed by atoms with Crippen molar-refractivity contribution in [2.75, 3.05) is 13.7 Å². The van der Waals surface area contributed by atoms with Gasteiger partial charge in [0, 0.05) is 13.1 Å². The molecule has 5 heteroatoms. The minimum atomic E-state index is -0.512. The molecule has 0 spiro atoms. The number of amides is 2. The minimum Gasteiger partial charge on any atom is -0.497 e. The molecule has 0 aliphatic rings. The number of carbonyl (C=O) groups excluding carboxylic acids is 2. The standard InChI is InChI=1S/C25H34N2O3/c1-6-23(25(29)26-16-18(2)3)27(17-20-11-13-22(30-5)14-12-20)24(28)15-21-10-8-7-9-19(21)4/h7-14,18,23H,6,15-17H2,1-5H3,(H,26,29)/t23-/m0/s1. The lowest BCUT2D eigenvalue weighted by Crippen LogP contribution is -2.50. The van der Waals surface area contributed by atoms with Crippen LogP contribution in [-0.2, 0) is 22.6 Å². The highest BCUT2D eigenvalue weighted by molar-refractivity contribution is 5.88. The molecule has 0 bridgehead atoms. The van der Waals surface area contributed by atoms with E-state index in [1.54, 1.807) is 12.0 Å². The molecule has 0 unspecified atom stereocenters. The van der Waals surface area contributed by atoms with Gasteiger partial charge in [-0.3, -0.25) is 9.59 Å². The summed E-state index contributed by atoms with van der Waals surface area (Å²) in [7, 11) is 1.62. The number of methoxy groups -OCH3 is 1. The Kier molecular flexibility index (Phi) is 8.90. The third-order valence-corrected chi connectivity index (χ3v) is 5.19. The summed E-state index contributed by atoms with van der Waals surface area (Å²) in [6, 6.07) is 15.0. The molecule has 1 atom stereocenters. The van der Waals surface area contributed by atoms with Gasteiger partial charge in [-0.15, -0.1) is 0 Å². The van der Waals surface area contributed by atoms with E-state index in [1.165, 1.54) is 0 Å². The van der Waals surface area contributed by atoms with Gasteiger partial charge in [0.25, 0.3) is 0 Å². The summed E-state index contributed by atoms with van der Waals surface area (Å²) in [6.07, 6.45) is 0.830. The van der Waals surface area contributed by atoms with Crippen LogP contribution in [-0.4, -0.2) is 36.4 Å². The molecule has 1 N–H and O–H groups in total. The number of aryl methyl sites for hydroxylation is 1. The van der Waals surface area contributed by atoms with Crippen LogP contribution in [0.15, 0.2) is 48.5 Å². The van der Waals surface area contributed by atoms with E-state index in [0.717, 1.165) is 22.4 Å². The zero-order valence-electron chi connectivity index (χ0n) is 18.8. The van der Waals surface area contributed by atoms with Gasteiger partial charge in [0.1, 0.15) is 11.8 Å². The zero-order chi connectivity index (χ0) is 22.1. The van der Waals surface area contributed by atoms with Crippen molar-refractivity contribution < 1.29 is 14.3 Å². The average Bonchev–Trinajstić information content (AvgIpc) is 2.74. The van der Waals surface area contributed by atoms with Gasteiger partial charge >= 0.3 is 0 Å². The van der Waals surface area contributed by atoms with Crippen molar-refractivity contribution in [2.24, 2.45) is 5.92 Å². The molecule has 30 heavy (non-hydrogen) atoms. The fourth-order valence-electron chi connectivity index (χ4n) is 3.34. The fourth-order valence-corrected chi connectivity index (χ4v) is 3.34. The number of nitrogens with one attached hydrogen (secondary N) is 1. The van der Waals surface area contributed by atoms with Crippen molar-refractivity contribution in [1.29, 1.82) is 0 Å². The summed E-state index contributed by atoms with van der Waals surface area (Å²) < 4.78 is 5.23. The van der Waals surface area contributed by atoms with Crippen molar-refractivity contribution in [1.82, 2.24) is 10.2 Å². The first-order valence-corrected chi connectivity index (χ1v) is 10.6. The largest absolute Gasteiger partial charge is 0.497 e. The highest BCUT2D eigenvalue weighted by atomic mass is 16.5. The molecule has 0 aromatic heterocycles. The first-order chi connectivity index (χ1) is 14.3. The zero-order valence-corrected chi connectivity index (χ0v) is 18.8. The van der Waals surface area contributed by atoms with Crippen molar-refractivity contribution in [2.45, 2.75) is 53.1 Å². The molecule has 2 aromatic rings. The Bertz CT molecular complexity index is 831. The quantitative estimate of drug-likeness (QED) is 0.641. The Morgan fingerprint density at radius 1 is 1.07 bits per heavy atom. The number of hydrogen-bond acceptors (Lipinski definition) is 3. The topological polar surface area (TPSA) is 58.6 Å². The monoisotopic (exact) mass is 410 g/mol. The first kappa shape index (κ1) is 23.5. The molecular formula is C25H34N2O3. The number of benzene rings is 2. The maximum absolute atomic E-state index is 13.4. The Hall–Kier alpha value is -2.82. The van der Waals surface area contributed by atoms with Crippen LogP contribution in [0.5, 0.6) is 5.75 Å². The Balaban J connectivity index is 2.27. The molecule has 162 valence electrons. The molecule has 0 saturated heterocycles. The summed E-state index contributed by atoms with van der Waals surface area (Å²) in [4.78, 5) is 28.0. The molecular weight excluding hydrogens is 376 g/mol. The van der Waals surface area contributed by atoms with Gasteiger partial charge in [-0.2, -0.15) is 0 Å². The highest BCUT2D eigenvalue weighted by Crippen LogP contribution is 2.18. The van der Waals surface area contributed by atoms with Crippen LogP contribution in [0.25, 0.3) is 0 Å². The number of rotatable bonds is 10. The van der Waals surface area contributed by atoms with Gasteiger partial charge in [0.15, 0.2) is 0 Å². The number of ether oxygens (including phenoxy) is 1. The van der Waals surface area contributed by atoms with Gasteiger partial charge in [-0.05, 0) is 48.1 Å². The average molecular weight is 411 g/mol. The maximum atomic E-state index is 13.4. The van der Waals surface area contributed by atoms with E-state index in [4.69, 9.17) is 4.74 Å². The van der Waals surface area contributed by atoms with Gasteiger partial charge in [0.2, 0.25) is 11.8 Å². The second-order valence-corrected chi connectivity index (χ2v) is 8.04. The lowest BCUT2D eigenvalue weighted by atomic mass is 10.0. The van der Waals surface area contributed by atoms with Gasteiger partial charge in [-0.25, -0.2) is 0 Å². The molecule has 0 aliphatic heterocycles. The Labute approximate surface area is 180 Å². The lowest BCUT2D eigenvalue weighted by Gasteiger charge is -2.31. The molecule has 0 aliphatic carbocycles. The fraction of sp³-hybridized carbons (Fsp3) is 0.440. The second kappa shape index (κ2) is 11.4. The first-order valence-electron chi connectivity index (χ1n) is 10.6. The van der Waals surface area contributed by atoms with E-state index in [9.17, 15) is 9.59 Å². The molecule has 2 amide bonds. The number of hydrogen-bond donors (Lipinski definition) is 1. The third kappa shape index (κ3) is 6.61. The van der Waals surface area contributed by atoms with Crippen LogP contribution in [0.1, 0.15) is 43.9 Å². The predicted octanol–water partition coefficient (Wildman–Crippen LogP) is 4.13. The molecule has 0 saturated carbocycles. The van der Waals surface area contributed by atoms with Crippen LogP contribution in [0.4, 0.5) is 0 Å². The van der Waals surface area contributed by atoms with Crippen LogP contribution in [0.3, 0.4) is 0 Å².